The van der Waals surface area contributed by atoms with Crippen LogP contribution in [0.2, 0.25) is 0 Å². The van der Waals surface area contributed by atoms with Gasteiger partial charge in [-0.15, -0.1) is 0 Å². The molecule has 1 aromatic rings. The van der Waals surface area contributed by atoms with Crippen LogP contribution < -0.4 is 0 Å². The molecule has 0 amide bonds. The van der Waals surface area contributed by atoms with Crippen molar-refractivity contribution in [2.24, 2.45) is 0 Å². The highest BCUT2D eigenvalue weighted by Crippen LogP contribution is 2.35. The summed E-state index contributed by atoms with van der Waals surface area (Å²) in [6.45, 7) is 4.08. The van der Waals surface area contributed by atoms with Crippen molar-refractivity contribution in [2.45, 2.75) is 38.1 Å². The standard InChI is InChI=1S/C14H17NO4/c1-14(2)18-11-9-17-13(12(11)19-14)15(16)8-10-6-4-3-5-7-10/h3-8,11-13H,9H2,1-2H3/b15-8-/t11-,12-,13-/m1/s1. The minimum atomic E-state index is -0.648. The summed E-state index contributed by atoms with van der Waals surface area (Å²) in [6, 6.07) is 9.41. The van der Waals surface area contributed by atoms with Gasteiger partial charge in [0.1, 0.15) is 6.10 Å². The first-order valence-electron chi connectivity index (χ1n) is 6.38. The van der Waals surface area contributed by atoms with Crippen LogP contribution in [0.25, 0.3) is 0 Å². The summed E-state index contributed by atoms with van der Waals surface area (Å²) in [5.41, 5.74) is 0.836. The van der Waals surface area contributed by atoms with Crippen LogP contribution in [0.15, 0.2) is 30.3 Å². The predicted molar refractivity (Wildman–Crippen MR) is 68.8 cm³/mol. The first-order chi connectivity index (χ1) is 9.05. The summed E-state index contributed by atoms with van der Waals surface area (Å²) in [7, 11) is 0. The van der Waals surface area contributed by atoms with Gasteiger partial charge >= 0.3 is 0 Å². The molecule has 19 heavy (non-hydrogen) atoms. The number of ether oxygens (including phenoxy) is 3. The lowest BCUT2D eigenvalue weighted by Gasteiger charge is -2.20. The largest absolute Gasteiger partial charge is 0.622 e. The molecule has 0 bridgehead atoms. The molecule has 2 saturated heterocycles. The van der Waals surface area contributed by atoms with E-state index in [2.05, 4.69) is 0 Å². The van der Waals surface area contributed by atoms with Crippen LogP contribution in [0.4, 0.5) is 0 Å². The number of hydrogen-bond acceptors (Lipinski definition) is 4. The number of hydrogen-bond donors (Lipinski definition) is 0. The third kappa shape index (κ3) is 2.49. The van der Waals surface area contributed by atoms with Gasteiger partial charge in [0.15, 0.2) is 18.1 Å². The zero-order chi connectivity index (χ0) is 13.5. The summed E-state index contributed by atoms with van der Waals surface area (Å²) in [4.78, 5) is 0. The molecule has 2 fully saturated rings. The second-order valence-corrected chi connectivity index (χ2v) is 5.26. The van der Waals surface area contributed by atoms with Crippen molar-refractivity contribution >= 4 is 6.21 Å². The molecule has 0 aromatic heterocycles. The molecular weight excluding hydrogens is 246 g/mol. The molecule has 2 aliphatic heterocycles. The minimum absolute atomic E-state index is 0.166. The summed E-state index contributed by atoms with van der Waals surface area (Å²) in [5, 5.41) is 12.2. The highest BCUT2D eigenvalue weighted by Gasteiger charge is 2.54. The van der Waals surface area contributed by atoms with Crippen LogP contribution in [0, 0.1) is 5.21 Å². The smallest absolute Gasteiger partial charge is 0.297 e. The van der Waals surface area contributed by atoms with Crippen LogP contribution >= 0.6 is 0 Å². The van der Waals surface area contributed by atoms with Gasteiger partial charge in [0, 0.05) is 5.56 Å². The highest BCUT2D eigenvalue weighted by molar-refractivity contribution is 5.75. The second-order valence-electron chi connectivity index (χ2n) is 5.26. The van der Waals surface area contributed by atoms with Gasteiger partial charge in [0.05, 0.1) is 6.61 Å². The van der Waals surface area contributed by atoms with Gasteiger partial charge in [-0.2, -0.15) is 4.74 Å². The Morgan fingerprint density at radius 2 is 2.00 bits per heavy atom. The van der Waals surface area contributed by atoms with E-state index in [-0.39, 0.29) is 12.2 Å². The zero-order valence-corrected chi connectivity index (χ0v) is 11.0. The zero-order valence-electron chi connectivity index (χ0n) is 11.0. The molecular formula is C14H17NO4. The third-order valence-electron chi connectivity index (χ3n) is 3.26. The topological polar surface area (TPSA) is 53.8 Å². The maximum atomic E-state index is 12.2. The lowest BCUT2D eigenvalue weighted by atomic mass is 10.2. The van der Waals surface area contributed by atoms with Crippen molar-refractivity contribution < 1.29 is 18.9 Å². The molecule has 1 aromatic carbocycles. The Morgan fingerprint density at radius 3 is 2.74 bits per heavy atom. The maximum absolute atomic E-state index is 12.2. The van der Waals surface area contributed by atoms with Crippen LogP contribution in [-0.4, -0.2) is 41.8 Å². The average molecular weight is 263 g/mol. The van der Waals surface area contributed by atoms with Gasteiger partial charge in [-0.3, -0.25) is 0 Å². The molecule has 3 atom stereocenters. The van der Waals surface area contributed by atoms with Crippen molar-refractivity contribution in [3.63, 3.8) is 0 Å². The average Bonchev–Trinajstić information content (AvgIpc) is 2.85. The number of rotatable bonds is 2. The normalized spacial score (nSPS) is 33.4. The maximum Gasteiger partial charge on any atom is 0.297 e. The van der Waals surface area contributed by atoms with E-state index in [4.69, 9.17) is 14.2 Å². The van der Waals surface area contributed by atoms with Gasteiger partial charge in [0.2, 0.25) is 0 Å². The number of benzene rings is 1. The van der Waals surface area contributed by atoms with Crippen LogP contribution in [-0.2, 0) is 14.2 Å². The van der Waals surface area contributed by atoms with Gasteiger partial charge < -0.3 is 19.4 Å². The fourth-order valence-corrected chi connectivity index (χ4v) is 2.50. The van der Waals surface area contributed by atoms with E-state index >= 15 is 0 Å². The summed E-state index contributed by atoms with van der Waals surface area (Å²) >= 11 is 0. The van der Waals surface area contributed by atoms with Gasteiger partial charge in [0.25, 0.3) is 6.23 Å². The molecule has 0 spiro atoms. The molecule has 102 valence electrons. The van der Waals surface area contributed by atoms with Gasteiger partial charge in [-0.05, 0) is 26.0 Å². The molecule has 0 radical (unpaired) electrons. The molecule has 0 unspecified atom stereocenters. The van der Waals surface area contributed by atoms with Crippen molar-refractivity contribution in [1.82, 2.24) is 0 Å². The molecule has 5 nitrogen and oxygen atoms in total. The van der Waals surface area contributed by atoms with Crippen LogP contribution in [0.3, 0.4) is 0 Å². The third-order valence-corrected chi connectivity index (χ3v) is 3.26. The Morgan fingerprint density at radius 1 is 1.26 bits per heavy atom. The van der Waals surface area contributed by atoms with E-state index in [1.807, 2.05) is 44.2 Å². The SMILES string of the molecule is CC1(C)O[C@H]2[C@H](/[N+]([O-])=C/c3ccccc3)OC[C@H]2O1. The quantitative estimate of drug-likeness (QED) is 0.351. The van der Waals surface area contributed by atoms with Crippen molar-refractivity contribution in [3.8, 4) is 0 Å². The van der Waals surface area contributed by atoms with Gasteiger partial charge in [-0.1, -0.05) is 18.2 Å². The molecule has 3 rings (SSSR count). The summed E-state index contributed by atoms with van der Waals surface area (Å²) in [6.07, 6.45) is 0.363. The van der Waals surface area contributed by atoms with Gasteiger partial charge in [-0.25, -0.2) is 0 Å². The van der Waals surface area contributed by atoms with E-state index in [9.17, 15) is 5.21 Å². The Hall–Kier alpha value is -1.43. The molecule has 2 aliphatic rings. The van der Waals surface area contributed by atoms with E-state index in [1.165, 1.54) is 6.21 Å². The highest BCUT2D eigenvalue weighted by atomic mass is 16.8. The lowest BCUT2D eigenvalue weighted by molar-refractivity contribution is -0.558. The summed E-state index contributed by atoms with van der Waals surface area (Å²) in [5.74, 6) is -0.648. The number of nitrogens with zero attached hydrogens (tertiary/aromatic N) is 1. The van der Waals surface area contributed by atoms with E-state index in [1.54, 1.807) is 0 Å². The van der Waals surface area contributed by atoms with Crippen molar-refractivity contribution in [2.75, 3.05) is 6.61 Å². The first-order valence-corrected chi connectivity index (χ1v) is 6.38. The van der Waals surface area contributed by atoms with Crippen molar-refractivity contribution in [3.05, 3.63) is 41.1 Å². The van der Waals surface area contributed by atoms with Crippen LogP contribution in [0.5, 0.6) is 0 Å². The molecule has 5 heteroatoms. The molecule has 0 N–H and O–H groups in total. The fraction of sp³-hybridized carbons (Fsp3) is 0.500. The number of hydroxylamine groups is 1. The summed E-state index contributed by atoms with van der Waals surface area (Å²) < 4.78 is 17.7. The van der Waals surface area contributed by atoms with Crippen LogP contribution in [0.1, 0.15) is 19.4 Å². The monoisotopic (exact) mass is 263 g/mol. The Balaban J connectivity index is 1.78. The first kappa shape index (κ1) is 12.6. The molecule has 0 saturated carbocycles. The van der Waals surface area contributed by atoms with E-state index in [0.717, 1.165) is 10.3 Å². The predicted octanol–water partition coefficient (Wildman–Crippen LogP) is 1.49. The Labute approximate surface area is 112 Å². The second kappa shape index (κ2) is 4.59. The molecule has 2 heterocycles. The Kier molecular flexibility index (Phi) is 3.05. The Bertz CT molecular complexity index is 485. The molecule has 0 aliphatic carbocycles. The number of fused-ring (bicyclic) bond motifs is 1. The fourth-order valence-electron chi connectivity index (χ4n) is 2.50. The van der Waals surface area contributed by atoms with E-state index < -0.39 is 12.0 Å². The minimum Gasteiger partial charge on any atom is -0.622 e. The van der Waals surface area contributed by atoms with Crippen molar-refractivity contribution in [1.29, 1.82) is 0 Å². The lowest BCUT2D eigenvalue weighted by Crippen LogP contribution is -2.36. The van der Waals surface area contributed by atoms with E-state index in [0.29, 0.717) is 6.61 Å².